The molecule has 5 heterocycles. The van der Waals surface area contributed by atoms with Crippen LogP contribution in [0.15, 0.2) is 24.4 Å². The molecule has 0 aliphatic carbocycles. The summed E-state index contributed by atoms with van der Waals surface area (Å²) in [6, 6.07) is 0.299. The fourth-order valence-electron chi connectivity index (χ4n) is 5.14. The second-order valence-corrected chi connectivity index (χ2v) is 8.92. The van der Waals surface area contributed by atoms with Crippen LogP contribution in [-0.4, -0.2) is 96.9 Å². The highest BCUT2D eigenvalue weighted by Gasteiger charge is 2.46. The number of pyridine rings is 1. The molecule has 5 rings (SSSR count). The Hall–Kier alpha value is -2.38. The number of carbonyl (C=O) groups is 1. The SMILES string of the molecule is CN1CCN2CCN(c3c(F)cncc3NC(=O)C3C(N)NN4CC(F)=CNC34)CC2C1. The molecule has 0 radical (unpaired) electrons. The fourth-order valence-corrected chi connectivity index (χ4v) is 5.14. The summed E-state index contributed by atoms with van der Waals surface area (Å²) in [5.74, 6) is -1.92. The van der Waals surface area contributed by atoms with Crippen molar-refractivity contribution < 1.29 is 13.6 Å². The summed E-state index contributed by atoms with van der Waals surface area (Å²) in [7, 11) is 2.09. The van der Waals surface area contributed by atoms with Crippen molar-refractivity contribution in [2.45, 2.75) is 18.4 Å². The number of nitrogens with two attached hydrogens (primary N) is 1. The molecule has 4 atom stereocenters. The largest absolute Gasteiger partial charge is 0.372 e. The number of aromatic nitrogens is 1. The molecule has 0 aromatic carbocycles. The van der Waals surface area contributed by atoms with E-state index >= 15 is 0 Å². The lowest BCUT2D eigenvalue weighted by molar-refractivity contribution is -0.121. The second kappa shape index (κ2) is 8.52. The molecule has 0 bridgehead atoms. The molecule has 32 heavy (non-hydrogen) atoms. The molecule has 4 unspecified atom stereocenters. The molecule has 174 valence electrons. The number of nitrogens with one attached hydrogen (secondary N) is 3. The maximum Gasteiger partial charge on any atom is 0.234 e. The van der Waals surface area contributed by atoms with Crippen LogP contribution in [0.2, 0.25) is 0 Å². The van der Waals surface area contributed by atoms with Crippen LogP contribution in [0.4, 0.5) is 20.2 Å². The smallest absolute Gasteiger partial charge is 0.234 e. The number of hydrazine groups is 1. The predicted molar refractivity (Wildman–Crippen MR) is 115 cm³/mol. The molecule has 10 nitrogen and oxygen atoms in total. The van der Waals surface area contributed by atoms with Crippen molar-refractivity contribution in [3.63, 3.8) is 0 Å². The van der Waals surface area contributed by atoms with E-state index in [2.05, 4.69) is 37.9 Å². The highest BCUT2D eigenvalue weighted by atomic mass is 19.1. The van der Waals surface area contributed by atoms with Gasteiger partial charge in [-0.2, -0.15) is 0 Å². The third-order valence-electron chi connectivity index (χ3n) is 6.76. The molecular weight excluding hydrogens is 420 g/mol. The summed E-state index contributed by atoms with van der Waals surface area (Å²) < 4.78 is 28.5. The van der Waals surface area contributed by atoms with Gasteiger partial charge >= 0.3 is 0 Å². The first-order valence-corrected chi connectivity index (χ1v) is 10.9. The quantitative estimate of drug-likeness (QED) is 0.465. The highest BCUT2D eigenvalue weighted by Crippen LogP contribution is 2.32. The van der Waals surface area contributed by atoms with Crippen molar-refractivity contribution in [2.75, 3.05) is 63.1 Å². The summed E-state index contributed by atoms with van der Waals surface area (Å²) in [5, 5.41) is 7.28. The number of halogens is 2. The number of hydrogen-bond acceptors (Lipinski definition) is 9. The van der Waals surface area contributed by atoms with E-state index in [1.54, 1.807) is 5.01 Å². The molecule has 3 saturated heterocycles. The Balaban J connectivity index is 1.35. The third-order valence-corrected chi connectivity index (χ3v) is 6.76. The van der Waals surface area contributed by atoms with E-state index in [0.29, 0.717) is 30.5 Å². The molecule has 0 spiro atoms. The molecule has 12 heteroatoms. The normalized spacial score (nSPS) is 31.5. The van der Waals surface area contributed by atoms with Crippen LogP contribution in [0.25, 0.3) is 0 Å². The molecule has 4 aliphatic rings. The molecule has 1 amide bonds. The third kappa shape index (κ3) is 3.92. The second-order valence-electron chi connectivity index (χ2n) is 8.92. The first-order valence-electron chi connectivity index (χ1n) is 10.9. The van der Waals surface area contributed by atoms with Crippen molar-refractivity contribution in [3.05, 3.63) is 30.2 Å². The lowest BCUT2D eigenvalue weighted by Gasteiger charge is -2.47. The van der Waals surface area contributed by atoms with Gasteiger partial charge in [-0.25, -0.2) is 19.2 Å². The van der Waals surface area contributed by atoms with Crippen molar-refractivity contribution >= 4 is 17.3 Å². The maximum atomic E-state index is 15.0. The average molecular weight is 450 g/mol. The number of anilines is 2. The Kier molecular flexibility index (Phi) is 5.72. The minimum absolute atomic E-state index is 0.0159. The Morgan fingerprint density at radius 1 is 1.22 bits per heavy atom. The lowest BCUT2D eigenvalue weighted by atomic mass is 10.0. The van der Waals surface area contributed by atoms with Gasteiger partial charge in [-0.05, 0) is 7.05 Å². The zero-order valence-corrected chi connectivity index (χ0v) is 18.0. The van der Waals surface area contributed by atoms with Crippen LogP contribution >= 0.6 is 0 Å². The number of nitrogens with zero attached hydrogens (tertiary/aromatic N) is 5. The molecule has 1 aromatic heterocycles. The molecule has 0 saturated carbocycles. The lowest BCUT2D eigenvalue weighted by Crippen LogP contribution is -2.61. The van der Waals surface area contributed by atoms with Gasteiger partial charge in [0.05, 0.1) is 30.8 Å². The average Bonchev–Trinajstić information content (AvgIpc) is 3.08. The maximum absolute atomic E-state index is 15.0. The van der Waals surface area contributed by atoms with Gasteiger partial charge in [0.2, 0.25) is 5.91 Å². The highest BCUT2D eigenvalue weighted by molar-refractivity contribution is 5.96. The number of piperazine rings is 2. The summed E-state index contributed by atoms with van der Waals surface area (Å²) in [5.41, 5.74) is 9.71. The van der Waals surface area contributed by atoms with E-state index in [9.17, 15) is 13.6 Å². The number of likely N-dealkylation sites (N-methyl/N-ethyl adjacent to an activating group) is 1. The Labute approximate surface area is 185 Å². The van der Waals surface area contributed by atoms with Gasteiger partial charge < -0.3 is 26.2 Å². The monoisotopic (exact) mass is 449 g/mol. The van der Waals surface area contributed by atoms with E-state index in [-0.39, 0.29) is 18.3 Å². The van der Waals surface area contributed by atoms with E-state index in [1.807, 2.05) is 4.90 Å². The number of rotatable bonds is 3. The van der Waals surface area contributed by atoms with Gasteiger partial charge in [0.15, 0.2) is 5.82 Å². The van der Waals surface area contributed by atoms with Crippen LogP contribution in [0, 0.1) is 11.7 Å². The zero-order valence-electron chi connectivity index (χ0n) is 18.0. The van der Waals surface area contributed by atoms with Crippen molar-refractivity contribution in [2.24, 2.45) is 11.7 Å². The molecule has 1 aromatic rings. The molecule has 5 N–H and O–H groups in total. The van der Waals surface area contributed by atoms with Gasteiger partial charge in [-0.15, -0.1) is 0 Å². The molecular formula is C20H29F2N9O. The summed E-state index contributed by atoms with van der Waals surface area (Å²) in [6.07, 6.45) is 2.67. The number of amides is 1. The summed E-state index contributed by atoms with van der Waals surface area (Å²) in [6.45, 7) is 5.14. The Morgan fingerprint density at radius 3 is 2.88 bits per heavy atom. The van der Waals surface area contributed by atoms with Gasteiger partial charge in [0.1, 0.15) is 23.6 Å². The molecule has 3 fully saturated rings. The number of fused-ring (bicyclic) bond motifs is 2. The van der Waals surface area contributed by atoms with E-state index < -0.39 is 24.1 Å². The summed E-state index contributed by atoms with van der Waals surface area (Å²) >= 11 is 0. The van der Waals surface area contributed by atoms with Crippen LogP contribution < -0.4 is 26.7 Å². The van der Waals surface area contributed by atoms with Gasteiger partial charge in [0.25, 0.3) is 0 Å². The van der Waals surface area contributed by atoms with E-state index in [1.165, 1.54) is 18.6 Å². The minimum Gasteiger partial charge on any atom is -0.372 e. The van der Waals surface area contributed by atoms with Crippen molar-refractivity contribution in [3.8, 4) is 0 Å². The minimum atomic E-state index is -0.710. The molecule has 4 aliphatic heterocycles. The van der Waals surface area contributed by atoms with Gasteiger partial charge in [-0.3, -0.25) is 14.7 Å². The van der Waals surface area contributed by atoms with E-state index in [4.69, 9.17) is 5.73 Å². The van der Waals surface area contributed by atoms with Gasteiger partial charge in [-0.1, -0.05) is 0 Å². The van der Waals surface area contributed by atoms with Crippen molar-refractivity contribution in [1.29, 1.82) is 0 Å². The van der Waals surface area contributed by atoms with Crippen LogP contribution in [-0.2, 0) is 4.79 Å². The number of carbonyl (C=O) groups excluding carboxylic acids is 1. The topological polar surface area (TPSA) is 105 Å². The van der Waals surface area contributed by atoms with Crippen molar-refractivity contribution in [1.82, 2.24) is 30.5 Å². The standard InChI is InChI=1S/C20H29F2N9O/c1-28-2-3-29-4-5-30(11-13(29)10-28)17-14(22)7-24-8-15(17)26-20(32)16-18(23)27-31-9-12(21)6-25-19(16)31/h6-8,13,16,18-19,25,27H,2-5,9-11,23H2,1H3,(H,26,32). The Bertz CT molecular complexity index is 915. The van der Waals surface area contributed by atoms with Crippen LogP contribution in [0.1, 0.15) is 0 Å². The summed E-state index contributed by atoms with van der Waals surface area (Å²) in [4.78, 5) is 23.8. The van der Waals surface area contributed by atoms with Crippen LogP contribution in [0.5, 0.6) is 0 Å². The van der Waals surface area contributed by atoms with Gasteiger partial charge in [0, 0.05) is 51.5 Å². The predicted octanol–water partition coefficient (Wildman–Crippen LogP) is -0.943. The van der Waals surface area contributed by atoms with Crippen LogP contribution in [0.3, 0.4) is 0 Å². The first kappa shape index (κ1) is 21.5. The van der Waals surface area contributed by atoms with E-state index in [0.717, 1.165) is 26.2 Å². The Morgan fingerprint density at radius 2 is 2.03 bits per heavy atom. The fraction of sp³-hybridized carbons (Fsp3) is 0.600. The first-order chi connectivity index (χ1) is 15.4. The zero-order chi connectivity index (χ0) is 22.4. The number of hydrogen-bond donors (Lipinski definition) is 4.